The van der Waals surface area contributed by atoms with Gasteiger partial charge >= 0.3 is 5.97 Å². The molecule has 0 spiro atoms. The number of hydrogen-bond donors (Lipinski definition) is 1. The maximum atomic E-state index is 10.9. The Morgan fingerprint density at radius 3 is 2.21 bits per heavy atom. The molecule has 1 aromatic carbocycles. The largest absolute Gasteiger partial charge is 0.478 e. The zero-order chi connectivity index (χ0) is 10.9. The summed E-state index contributed by atoms with van der Waals surface area (Å²) >= 11 is 0. The zero-order valence-corrected chi connectivity index (χ0v) is 9.09. The first kappa shape index (κ1) is 10.8. The summed E-state index contributed by atoms with van der Waals surface area (Å²) in [5, 5.41) is 8.96. The first-order chi connectivity index (χ1) is 6.43. The van der Waals surface area contributed by atoms with E-state index >= 15 is 0 Å². The van der Waals surface area contributed by atoms with E-state index in [1.807, 2.05) is 19.9 Å². The molecule has 1 rings (SSSR count). The maximum Gasteiger partial charge on any atom is 0.335 e. The highest BCUT2D eigenvalue weighted by Crippen LogP contribution is 2.22. The quantitative estimate of drug-likeness (QED) is 0.781. The summed E-state index contributed by atoms with van der Waals surface area (Å²) in [7, 11) is 0. The van der Waals surface area contributed by atoms with Gasteiger partial charge in [-0.2, -0.15) is 0 Å². The minimum absolute atomic E-state index is 0.369. The van der Waals surface area contributed by atoms with E-state index in [0.29, 0.717) is 11.5 Å². The number of hydrogen-bond acceptors (Lipinski definition) is 1. The van der Waals surface area contributed by atoms with Gasteiger partial charge in [0.2, 0.25) is 0 Å². The van der Waals surface area contributed by atoms with Gasteiger partial charge in [-0.15, -0.1) is 0 Å². The van der Waals surface area contributed by atoms with Crippen molar-refractivity contribution in [1.82, 2.24) is 0 Å². The van der Waals surface area contributed by atoms with Crippen LogP contribution in [0.4, 0.5) is 0 Å². The molecular formula is C12H16O2. The molecule has 0 atom stereocenters. The summed E-state index contributed by atoms with van der Waals surface area (Å²) in [4.78, 5) is 10.9. The van der Waals surface area contributed by atoms with Crippen LogP contribution >= 0.6 is 0 Å². The van der Waals surface area contributed by atoms with Gasteiger partial charge in [0, 0.05) is 0 Å². The van der Waals surface area contributed by atoms with Crippen LogP contribution in [-0.2, 0) is 0 Å². The van der Waals surface area contributed by atoms with E-state index < -0.39 is 5.97 Å². The number of benzene rings is 1. The van der Waals surface area contributed by atoms with Crippen molar-refractivity contribution in [2.75, 3.05) is 0 Å². The lowest BCUT2D eigenvalue weighted by Gasteiger charge is -2.12. The van der Waals surface area contributed by atoms with E-state index in [9.17, 15) is 4.79 Å². The number of aromatic carboxylic acids is 1. The Hall–Kier alpha value is -1.31. The summed E-state index contributed by atoms with van der Waals surface area (Å²) in [5.41, 5.74) is 3.54. The second kappa shape index (κ2) is 3.82. The third kappa shape index (κ3) is 1.95. The summed E-state index contributed by atoms with van der Waals surface area (Å²) < 4.78 is 0. The fourth-order valence-corrected chi connectivity index (χ4v) is 1.72. The van der Waals surface area contributed by atoms with Crippen LogP contribution in [0.2, 0.25) is 0 Å². The van der Waals surface area contributed by atoms with Crippen LogP contribution < -0.4 is 0 Å². The van der Waals surface area contributed by atoms with Crippen molar-refractivity contribution in [1.29, 1.82) is 0 Å². The topological polar surface area (TPSA) is 37.3 Å². The molecule has 0 radical (unpaired) electrons. The van der Waals surface area contributed by atoms with Crippen LogP contribution in [0.3, 0.4) is 0 Å². The molecule has 2 nitrogen and oxygen atoms in total. The van der Waals surface area contributed by atoms with E-state index in [4.69, 9.17) is 5.11 Å². The number of carbonyl (C=O) groups is 1. The molecule has 14 heavy (non-hydrogen) atoms. The van der Waals surface area contributed by atoms with Crippen molar-refractivity contribution in [2.24, 2.45) is 0 Å². The van der Waals surface area contributed by atoms with Gasteiger partial charge in [-0.05, 0) is 42.5 Å². The van der Waals surface area contributed by atoms with Gasteiger partial charge in [-0.3, -0.25) is 0 Å². The second-order valence-corrected chi connectivity index (χ2v) is 3.98. The lowest BCUT2D eigenvalue weighted by Crippen LogP contribution is -2.03. The van der Waals surface area contributed by atoms with Crippen LogP contribution in [-0.4, -0.2) is 11.1 Å². The lowest BCUT2D eigenvalue weighted by molar-refractivity contribution is 0.0696. The van der Waals surface area contributed by atoms with Crippen molar-refractivity contribution >= 4 is 5.97 Å². The van der Waals surface area contributed by atoms with Crippen LogP contribution in [0.15, 0.2) is 12.1 Å². The standard InChI is InChI=1S/C12H16O2/c1-7(2)10-6-11(12(13)14)9(4)5-8(10)3/h5-7H,1-4H3,(H,13,14). The van der Waals surface area contributed by atoms with Gasteiger partial charge in [0.25, 0.3) is 0 Å². The molecule has 0 saturated heterocycles. The predicted molar refractivity (Wildman–Crippen MR) is 57.0 cm³/mol. The Morgan fingerprint density at radius 2 is 1.79 bits per heavy atom. The molecule has 0 fully saturated rings. The molecule has 0 saturated carbocycles. The van der Waals surface area contributed by atoms with Gasteiger partial charge in [0.1, 0.15) is 0 Å². The predicted octanol–water partition coefficient (Wildman–Crippen LogP) is 3.13. The number of carboxylic acids is 1. The molecule has 0 heterocycles. The van der Waals surface area contributed by atoms with Gasteiger partial charge in [0.15, 0.2) is 0 Å². The maximum absolute atomic E-state index is 10.9. The Morgan fingerprint density at radius 1 is 1.21 bits per heavy atom. The summed E-state index contributed by atoms with van der Waals surface area (Å²) in [6.45, 7) is 8.00. The Labute approximate surface area is 84.6 Å². The Bertz CT molecular complexity index is 365. The molecule has 1 aromatic rings. The second-order valence-electron chi connectivity index (χ2n) is 3.98. The van der Waals surface area contributed by atoms with Crippen molar-refractivity contribution < 1.29 is 9.90 Å². The third-order valence-electron chi connectivity index (χ3n) is 2.47. The minimum Gasteiger partial charge on any atom is -0.478 e. The molecular weight excluding hydrogens is 176 g/mol. The molecule has 0 aliphatic heterocycles. The molecule has 0 aromatic heterocycles. The summed E-state index contributed by atoms with van der Waals surface area (Å²) in [5.74, 6) is -0.474. The van der Waals surface area contributed by atoms with Crippen molar-refractivity contribution in [3.05, 3.63) is 34.4 Å². The van der Waals surface area contributed by atoms with Crippen LogP contribution in [0, 0.1) is 13.8 Å². The molecule has 1 N–H and O–H groups in total. The monoisotopic (exact) mass is 192 g/mol. The van der Waals surface area contributed by atoms with Crippen LogP contribution in [0.1, 0.15) is 46.8 Å². The summed E-state index contributed by atoms with van der Waals surface area (Å²) in [6, 6.07) is 3.73. The van der Waals surface area contributed by atoms with E-state index in [-0.39, 0.29) is 0 Å². The first-order valence-electron chi connectivity index (χ1n) is 4.78. The SMILES string of the molecule is Cc1cc(C)c(C(C)C)cc1C(=O)O. The molecule has 76 valence electrons. The zero-order valence-electron chi connectivity index (χ0n) is 9.09. The molecule has 0 aliphatic rings. The number of aryl methyl sites for hydroxylation is 2. The van der Waals surface area contributed by atoms with Crippen molar-refractivity contribution in [3.63, 3.8) is 0 Å². The van der Waals surface area contributed by atoms with Gasteiger partial charge < -0.3 is 5.11 Å². The average Bonchev–Trinajstić information content (AvgIpc) is 2.02. The molecule has 2 heteroatoms. The van der Waals surface area contributed by atoms with Crippen molar-refractivity contribution in [2.45, 2.75) is 33.6 Å². The van der Waals surface area contributed by atoms with E-state index in [1.54, 1.807) is 6.07 Å². The van der Waals surface area contributed by atoms with Gasteiger partial charge in [0.05, 0.1) is 5.56 Å². The Kier molecular flexibility index (Phi) is 2.94. The average molecular weight is 192 g/mol. The molecule has 0 amide bonds. The van der Waals surface area contributed by atoms with Gasteiger partial charge in [-0.25, -0.2) is 4.79 Å². The van der Waals surface area contributed by atoms with Crippen LogP contribution in [0.5, 0.6) is 0 Å². The van der Waals surface area contributed by atoms with E-state index in [2.05, 4.69) is 13.8 Å². The normalized spacial score (nSPS) is 10.6. The number of rotatable bonds is 2. The lowest BCUT2D eigenvalue weighted by atomic mass is 9.93. The fourth-order valence-electron chi connectivity index (χ4n) is 1.72. The smallest absolute Gasteiger partial charge is 0.335 e. The molecule has 0 aliphatic carbocycles. The van der Waals surface area contributed by atoms with Gasteiger partial charge in [-0.1, -0.05) is 19.9 Å². The highest BCUT2D eigenvalue weighted by Gasteiger charge is 2.11. The highest BCUT2D eigenvalue weighted by molar-refractivity contribution is 5.89. The van der Waals surface area contributed by atoms with E-state index in [0.717, 1.165) is 11.1 Å². The summed E-state index contributed by atoms with van der Waals surface area (Å²) in [6.07, 6.45) is 0. The minimum atomic E-state index is -0.843. The first-order valence-corrected chi connectivity index (χ1v) is 4.78. The number of carboxylic acid groups (broad SMARTS) is 1. The molecule has 0 bridgehead atoms. The van der Waals surface area contributed by atoms with Crippen LogP contribution in [0.25, 0.3) is 0 Å². The Balaban J connectivity index is 3.34. The van der Waals surface area contributed by atoms with E-state index in [1.165, 1.54) is 5.56 Å². The third-order valence-corrected chi connectivity index (χ3v) is 2.47. The fraction of sp³-hybridized carbons (Fsp3) is 0.417. The highest BCUT2D eigenvalue weighted by atomic mass is 16.4. The molecule has 0 unspecified atom stereocenters. The van der Waals surface area contributed by atoms with Crippen molar-refractivity contribution in [3.8, 4) is 0 Å².